The van der Waals surface area contributed by atoms with Crippen LogP contribution in [0.2, 0.25) is 0 Å². The topological polar surface area (TPSA) is 78.8 Å². The third-order valence-electron chi connectivity index (χ3n) is 2.34. The van der Waals surface area contributed by atoms with Gasteiger partial charge in [-0.2, -0.15) is 0 Å². The Kier molecular flexibility index (Phi) is 7.33. The lowest BCUT2D eigenvalue weighted by molar-refractivity contribution is -0.140. The molecule has 0 aliphatic rings. The molecular weight excluding hydrogens is 228 g/mol. The molecule has 94 valence electrons. The number of carboxylic acids is 1. The minimum Gasteiger partial charge on any atom is -0.480 e. The molecule has 1 atom stereocenters. The molecule has 0 aliphatic carbocycles. The van der Waals surface area contributed by atoms with Crippen LogP contribution in [0, 0.1) is 4.91 Å². The highest BCUT2D eigenvalue weighted by molar-refractivity contribution is 7.99. The number of rotatable bonds is 9. The van der Waals surface area contributed by atoms with Gasteiger partial charge in [0.15, 0.2) is 0 Å². The average molecular weight is 248 g/mol. The standard InChI is InChI=1S/C10H20N2O3S/c1-4-5-6-7-11-8(9(13)14)10(2,3)16-12-15/h8,11H,4-7H2,1-3H3,(H,13,14). The summed E-state index contributed by atoms with van der Waals surface area (Å²) >= 11 is 0.760. The van der Waals surface area contributed by atoms with Crippen LogP contribution in [0.5, 0.6) is 0 Å². The van der Waals surface area contributed by atoms with E-state index in [1.165, 1.54) is 0 Å². The predicted molar refractivity (Wildman–Crippen MR) is 66.4 cm³/mol. The van der Waals surface area contributed by atoms with Crippen LogP contribution >= 0.6 is 11.9 Å². The van der Waals surface area contributed by atoms with Gasteiger partial charge in [0.2, 0.25) is 0 Å². The number of nitrogens with one attached hydrogen (secondary N) is 1. The van der Waals surface area contributed by atoms with E-state index in [4.69, 9.17) is 5.11 Å². The van der Waals surface area contributed by atoms with E-state index in [0.717, 1.165) is 31.2 Å². The van der Waals surface area contributed by atoms with Crippen molar-refractivity contribution in [3.8, 4) is 0 Å². The van der Waals surface area contributed by atoms with Gasteiger partial charge in [0.25, 0.3) is 0 Å². The molecule has 0 saturated carbocycles. The van der Waals surface area contributed by atoms with Crippen LogP contribution < -0.4 is 5.32 Å². The summed E-state index contributed by atoms with van der Waals surface area (Å²) in [5.74, 6) is -0.947. The van der Waals surface area contributed by atoms with Gasteiger partial charge in [-0.15, -0.1) is 4.91 Å². The van der Waals surface area contributed by atoms with Crippen molar-refractivity contribution in [2.45, 2.75) is 50.8 Å². The van der Waals surface area contributed by atoms with E-state index in [1.54, 1.807) is 13.8 Å². The summed E-state index contributed by atoms with van der Waals surface area (Å²) in [4.78, 5) is 21.3. The van der Waals surface area contributed by atoms with Gasteiger partial charge in [-0.05, 0) is 26.8 Å². The predicted octanol–water partition coefficient (Wildman–Crippen LogP) is 2.41. The quantitative estimate of drug-likeness (QED) is 0.372. The fraction of sp³-hybridized carbons (Fsp3) is 0.900. The summed E-state index contributed by atoms with van der Waals surface area (Å²) in [5.41, 5.74) is 0. The molecule has 0 bridgehead atoms. The van der Waals surface area contributed by atoms with E-state index in [-0.39, 0.29) is 0 Å². The highest BCUT2D eigenvalue weighted by atomic mass is 32.2. The first-order chi connectivity index (χ1) is 7.45. The zero-order valence-electron chi connectivity index (χ0n) is 10.0. The molecule has 6 heteroatoms. The normalized spacial score (nSPS) is 13.4. The maximum Gasteiger partial charge on any atom is 0.322 e. The molecule has 2 N–H and O–H groups in total. The molecule has 0 aromatic rings. The Morgan fingerprint density at radius 2 is 2.12 bits per heavy atom. The Hall–Kier alpha value is -0.620. The summed E-state index contributed by atoms with van der Waals surface area (Å²) < 4.78 is 1.98. The van der Waals surface area contributed by atoms with Gasteiger partial charge in [-0.1, -0.05) is 19.8 Å². The van der Waals surface area contributed by atoms with Gasteiger partial charge >= 0.3 is 5.97 Å². The fourth-order valence-corrected chi connectivity index (χ4v) is 1.88. The molecule has 0 amide bonds. The minimum atomic E-state index is -0.947. The molecule has 5 nitrogen and oxygen atoms in total. The smallest absolute Gasteiger partial charge is 0.322 e. The first-order valence-electron chi connectivity index (χ1n) is 5.42. The van der Waals surface area contributed by atoms with E-state index >= 15 is 0 Å². The molecule has 0 aromatic carbocycles. The number of carbonyl (C=O) groups is 1. The molecule has 1 unspecified atom stereocenters. The second kappa shape index (κ2) is 7.62. The van der Waals surface area contributed by atoms with Crippen molar-refractivity contribution >= 4 is 17.9 Å². The molecule has 0 rings (SSSR count). The Bertz CT molecular complexity index is 234. The SMILES string of the molecule is CCCCCNC(C(=O)O)C(C)(C)SN=O. The Morgan fingerprint density at radius 1 is 1.50 bits per heavy atom. The van der Waals surface area contributed by atoms with Crippen LogP contribution in [0.3, 0.4) is 0 Å². The van der Waals surface area contributed by atoms with Crippen molar-refractivity contribution in [1.82, 2.24) is 5.32 Å². The van der Waals surface area contributed by atoms with Crippen LogP contribution in [-0.2, 0) is 4.79 Å². The fourth-order valence-electron chi connectivity index (χ4n) is 1.40. The van der Waals surface area contributed by atoms with Crippen LogP contribution in [0.4, 0.5) is 0 Å². The monoisotopic (exact) mass is 248 g/mol. The van der Waals surface area contributed by atoms with Crippen molar-refractivity contribution in [2.24, 2.45) is 4.58 Å². The second-order valence-electron chi connectivity index (χ2n) is 4.20. The van der Waals surface area contributed by atoms with Gasteiger partial charge in [0.1, 0.15) is 6.04 Å². The van der Waals surface area contributed by atoms with Gasteiger partial charge in [0.05, 0.1) is 4.75 Å². The number of hydrogen-bond acceptors (Lipinski definition) is 5. The summed E-state index contributed by atoms with van der Waals surface area (Å²) in [6.07, 6.45) is 3.10. The second-order valence-corrected chi connectivity index (χ2v) is 5.59. The molecule has 0 heterocycles. The van der Waals surface area contributed by atoms with E-state index < -0.39 is 16.8 Å². The Morgan fingerprint density at radius 3 is 2.56 bits per heavy atom. The zero-order chi connectivity index (χ0) is 12.6. The maximum absolute atomic E-state index is 11.1. The zero-order valence-corrected chi connectivity index (χ0v) is 10.8. The van der Waals surface area contributed by atoms with Gasteiger partial charge < -0.3 is 10.4 Å². The number of aliphatic carboxylic acids is 1. The molecule has 16 heavy (non-hydrogen) atoms. The van der Waals surface area contributed by atoms with Crippen LogP contribution in [0.1, 0.15) is 40.0 Å². The molecular formula is C10H20N2O3S. The van der Waals surface area contributed by atoms with E-state index in [0.29, 0.717) is 6.54 Å². The lowest BCUT2D eigenvalue weighted by Gasteiger charge is -2.28. The van der Waals surface area contributed by atoms with Gasteiger partial charge in [0, 0.05) is 16.5 Å². The van der Waals surface area contributed by atoms with Crippen molar-refractivity contribution < 1.29 is 9.90 Å². The lowest BCUT2D eigenvalue weighted by atomic mass is 10.0. The largest absolute Gasteiger partial charge is 0.480 e. The third kappa shape index (κ3) is 5.46. The number of hydrogen-bond donors (Lipinski definition) is 2. The lowest BCUT2D eigenvalue weighted by Crippen LogP contribution is -2.50. The van der Waals surface area contributed by atoms with Gasteiger partial charge in [-0.3, -0.25) is 4.79 Å². The van der Waals surface area contributed by atoms with Crippen molar-refractivity contribution in [1.29, 1.82) is 0 Å². The van der Waals surface area contributed by atoms with E-state index in [2.05, 4.69) is 16.8 Å². The summed E-state index contributed by atoms with van der Waals surface area (Å²) in [5, 5.41) is 12.0. The van der Waals surface area contributed by atoms with E-state index in [9.17, 15) is 9.70 Å². The Balaban J connectivity index is 4.26. The maximum atomic E-state index is 11.1. The van der Waals surface area contributed by atoms with E-state index in [1.807, 2.05) is 0 Å². The van der Waals surface area contributed by atoms with Gasteiger partial charge in [-0.25, -0.2) is 0 Å². The van der Waals surface area contributed by atoms with Crippen LogP contribution in [0.25, 0.3) is 0 Å². The number of nitrogens with zero attached hydrogens (tertiary/aromatic N) is 1. The van der Waals surface area contributed by atoms with Crippen LogP contribution in [-0.4, -0.2) is 28.4 Å². The van der Waals surface area contributed by atoms with Crippen molar-refractivity contribution in [3.05, 3.63) is 4.91 Å². The molecule has 0 aromatic heterocycles. The molecule has 0 saturated heterocycles. The summed E-state index contributed by atoms with van der Waals surface area (Å²) in [6.45, 7) is 6.13. The first-order valence-corrected chi connectivity index (χ1v) is 6.20. The molecule has 0 aliphatic heterocycles. The number of carboxylic acid groups (broad SMARTS) is 1. The molecule has 0 radical (unpaired) electrons. The Labute approximate surface area is 100 Å². The third-order valence-corrected chi connectivity index (χ3v) is 3.12. The van der Waals surface area contributed by atoms with Crippen molar-refractivity contribution in [3.63, 3.8) is 0 Å². The average Bonchev–Trinajstić information content (AvgIpc) is 2.16. The molecule has 0 spiro atoms. The number of nitroso groups, excluding NO2 is 1. The first kappa shape index (κ1) is 15.4. The highest BCUT2D eigenvalue weighted by Crippen LogP contribution is 2.29. The summed E-state index contributed by atoms with van der Waals surface area (Å²) in [7, 11) is 0. The minimum absolute atomic E-state index is 0.646. The summed E-state index contributed by atoms with van der Waals surface area (Å²) in [6, 6.07) is -0.757. The molecule has 0 fully saturated rings. The van der Waals surface area contributed by atoms with Crippen LogP contribution in [0.15, 0.2) is 4.58 Å². The number of unbranched alkanes of at least 4 members (excludes halogenated alkanes) is 2. The van der Waals surface area contributed by atoms with Crippen molar-refractivity contribution in [2.75, 3.05) is 6.54 Å². The highest BCUT2D eigenvalue weighted by Gasteiger charge is 2.36.